The predicted octanol–water partition coefficient (Wildman–Crippen LogP) is 2.16. The summed E-state index contributed by atoms with van der Waals surface area (Å²) in [4.78, 5) is 16.5. The summed E-state index contributed by atoms with van der Waals surface area (Å²) < 4.78 is 33.8. The molecule has 1 unspecified atom stereocenters. The lowest BCUT2D eigenvalue weighted by Crippen LogP contribution is -2.52. The minimum absolute atomic E-state index is 0.0146. The summed E-state index contributed by atoms with van der Waals surface area (Å²) in [5, 5.41) is 0. The SMILES string of the molecule is CC(C)CCN1C[C@H]2CC[C@@H](C1)C2NS(=O)(=O)c1ccc2[nH]c(=O)oc2c1. The summed E-state index contributed by atoms with van der Waals surface area (Å²) in [5.74, 6) is 0.820. The van der Waals surface area contributed by atoms with E-state index in [-0.39, 0.29) is 16.5 Å². The molecule has 2 aliphatic rings. The fraction of sp³-hybridized carbons (Fsp3) is 0.632. The van der Waals surface area contributed by atoms with Gasteiger partial charge in [-0.1, -0.05) is 13.8 Å². The molecule has 3 atom stereocenters. The molecule has 1 aliphatic heterocycles. The first-order valence-corrected chi connectivity index (χ1v) is 11.2. The molecule has 0 spiro atoms. The van der Waals surface area contributed by atoms with E-state index < -0.39 is 15.8 Å². The van der Waals surface area contributed by atoms with Crippen LogP contribution in [0.4, 0.5) is 0 Å². The maximum Gasteiger partial charge on any atom is 0.417 e. The Labute approximate surface area is 159 Å². The highest BCUT2D eigenvalue weighted by atomic mass is 32.2. The normalized spacial score (nSPS) is 26.3. The third-order valence-electron chi connectivity index (χ3n) is 5.93. The van der Waals surface area contributed by atoms with Crippen molar-refractivity contribution in [1.29, 1.82) is 0 Å². The Kier molecular flexibility index (Phi) is 4.90. The van der Waals surface area contributed by atoms with E-state index >= 15 is 0 Å². The van der Waals surface area contributed by atoms with E-state index in [1.807, 2.05) is 0 Å². The average molecular weight is 394 g/mol. The molecule has 8 heteroatoms. The van der Waals surface area contributed by atoms with Gasteiger partial charge in [-0.3, -0.25) is 4.98 Å². The van der Waals surface area contributed by atoms with Crippen molar-refractivity contribution in [2.75, 3.05) is 19.6 Å². The molecular formula is C19H27N3O4S. The summed E-state index contributed by atoms with van der Waals surface area (Å²) in [6.45, 7) is 7.48. The van der Waals surface area contributed by atoms with Crippen LogP contribution in [0.25, 0.3) is 11.1 Å². The summed E-state index contributed by atoms with van der Waals surface area (Å²) in [6, 6.07) is 4.47. The molecule has 148 valence electrons. The van der Waals surface area contributed by atoms with E-state index in [0.717, 1.165) is 32.5 Å². The Morgan fingerprint density at radius 1 is 1.26 bits per heavy atom. The maximum atomic E-state index is 12.9. The molecular weight excluding hydrogens is 366 g/mol. The lowest BCUT2D eigenvalue weighted by Gasteiger charge is -2.38. The minimum atomic E-state index is -3.66. The maximum absolute atomic E-state index is 12.9. The van der Waals surface area contributed by atoms with Crippen molar-refractivity contribution >= 4 is 21.1 Å². The molecule has 7 nitrogen and oxygen atoms in total. The van der Waals surface area contributed by atoms with E-state index in [2.05, 4.69) is 28.5 Å². The average Bonchev–Trinajstić information content (AvgIpc) is 3.06. The second-order valence-electron chi connectivity index (χ2n) is 8.36. The fourth-order valence-electron chi connectivity index (χ4n) is 4.48. The van der Waals surface area contributed by atoms with Gasteiger partial charge in [0.1, 0.15) is 0 Å². The molecule has 4 rings (SSSR count). The molecule has 1 saturated heterocycles. The lowest BCUT2D eigenvalue weighted by molar-refractivity contribution is 0.134. The number of benzene rings is 1. The minimum Gasteiger partial charge on any atom is -0.408 e. The van der Waals surface area contributed by atoms with Crippen molar-refractivity contribution < 1.29 is 12.8 Å². The number of likely N-dealkylation sites (tertiary alicyclic amines) is 1. The van der Waals surface area contributed by atoms with Gasteiger partial charge in [-0.25, -0.2) is 17.9 Å². The van der Waals surface area contributed by atoms with Crippen molar-refractivity contribution in [1.82, 2.24) is 14.6 Å². The van der Waals surface area contributed by atoms with Crippen LogP contribution in [0.5, 0.6) is 0 Å². The van der Waals surface area contributed by atoms with Gasteiger partial charge in [-0.15, -0.1) is 0 Å². The van der Waals surface area contributed by atoms with Crippen molar-refractivity contribution in [3.8, 4) is 0 Å². The first-order chi connectivity index (χ1) is 12.8. The number of fused-ring (bicyclic) bond motifs is 3. The number of nitrogens with one attached hydrogen (secondary N) is 2. The smallest absolute Gasteiger partial charge is 0.408 e. The fourth-order valence-corrected chi connectivity index (χ4v) is 5.86. The van der Waals surface area contributed by atoms with Gasteiger partial charge < -0.3 is 9.32 Å². The molecule has 1 aromatic carbocycles. The van der Waals surface area contributed by atoms with E-state index in [4.69, 9.17) is 4.42 Å². The largest absolute Gasteiger partial charge is 0.417 e. The number of nitrogens with zero attached hydrogens (tertiary/aromatic N) is 1. The van der Waals surface area contributed by atoms with Gasteiger partial charge in [-0.2, -0.15) is 0 Å². The van der Waals surface area contributed by atoms with Crippen LogP contribution in [0.1, 0.15) is 33.1 Å². The van der Waals surface area contributed by atoms with Gasteiger partial charge in [0.25, 0.3) is 0 Å². The number of sulfonamides is 1. The van der Waals surface area contributed by atoms with Crippen LogP contribution >= 0.6 is 0 Å². The topological polar surface area (TPSA) is 95.4 Å². The summed E-state index contributed by atoms with van der Waals surface area (Å²) in [6.07, 6.45) is 3.32. The number of hydrogen-bond acceptors (Lipinski definition) is 5. The molecule has 2 fully saturated rings. The molecule has 1 saturated carbocycles. The highest BCUT2D eigenvalue weighted by molar-refractivity contribution is 7.89. The number of piperidine rings is 1. The van der Waals surface area contributed by atoms with Gasteiger partial charge in [0.2, 0.25) is 10.0 Å². The number of oxazole rings is 1. The standard InChI is InChI=1S/C19H27N3O4S/c1-12(2)7-8-22-10-13-3-4-14(11-22)18(13)21-27(24,25)15-5-6-16-17(9-15)26-19(23)20-16/h5-6,9,12-14,18,21H,3-4,7-8,10-11H2,1-2H3,(H,20,23)/t13-,14+,18?. The van der Waals surface area contributed by atoms with Gasteiger partial charge >= 0.3 is 5.76 Å². The third kappa shape index (κ3) is 3.83. The Morgan fingerprint density at radius 3 is 2.63 bits per heavy atom. The molecule has 1 aliphatic carbocycles. The van der Waals surface area contributed by atoms with Gasteiger partial charge in [-0.05, 0) is 55.7 Å². The van der Waals surface area contributed by atoms with Crippen molar-refractivity contribution in [3.05, 3.63) is 28.7 Å². The van der Waals surface area contributed by atoms with Crippen molar-refractivity contribution in [3.63, 3.8) is 0 Å². The quantitative estimate of drug-likeness (QED) is 0.784. The van der Waals surface area contributed by atoms with E-state index in [9.17, 15) is 13.2 Å². The first kappa shape index (κ1) is 18.7. The zero-order chi connectivity index (χ0) is 19.2. The Bertz CT molecular complexity index is 964. The predicted molar refractivity (Wildman–Crippen MR) is 103 cm³/mol. The van der Waals surface area contributed by atoms with Gasteiger partial charge in [0.15, 0.2) is 5.58 Å². The Morgan fingerprint density at radius 2 is 1.96 bits per heavy atom. The zero-order valence-electron chi connectivity index (χ0n) is 15.8. The molecule has 2 aromatic rings. The zero-order valence-corrected chi connectivity index (χ0v) is 16.6. The highest BCUT2D eigenvalue weighted by Crippen LogP contribution is 2.38. The summed E-state index contributed by atoms with van der Waals surface area (Å²) >= 11 is 0. The van der Waals surface area contributed by atoms with Gasteiger partial charge in [0.05, 0.1) is 10.4 Å². The molecule has 2 N–H and O–H groups in total. The van der Waals surface area contributed by atoms with E-state index in [0.29, 0.717) is 23.3 Å². The van der Waals surface area contributed by atoms with Crippen LogP contribution in [-0.4, -0.2) is 44.0 Å². The van der Waals surface area contributed by atoms with Crippen LogP contribution in [0.15, 0.2) is 32.3 Å². The highest BCUT2D eigenvalue weighted by Gasteiger charge is 2.43. The van der Waals surface area contributed by atoms with Crippen LogP contribution in [0.3, 0.4) is 0 Å². The van der Waals surface area contributed by atoms with E-state index in [1.54, 1.807) is 6.07 Å². The number of aromatic amines is 1. The molecule has 2 bridgehead atoms. The number of aromatic nitrogens is 1. The summed E-state index contributed by atoms with van der Waals surface area (Å²) in [7, 11) is -3.66. The van der Waals surface area contributed by atoms with Crippen LogP contribution in [0, 0.1) is 17.8 Å². The Balaban J connectivity index is 1.48. The van der Waals surface area contributed by atoms with Gasteiger partial charge in [0, 0.05) is 25.2 Å². The lowest BCUT2D eigenvalue weighted by atomic mass is 9.92. The van der Waals surface area contributed by atoms with Crippen LogP contribution in [0.2, 0.25) is 0 Å². The second-order valence-corrected chi connectivity index (χ2v) is 10.1. The molecule has 27 heavy (non-hydrogen) atoms. The number of hydrogen-bond donors (Lipinski definition) is 2. The van der Waals surface area contributed by atoms with Crippen LogP contribution in [-0.2, 0) is 10.0 Å². The second kappa shape index (κ2) is 7.07. The van der Waals surface area contributed by atoms with Crippen molar-refractivity contribution in [2.24, 2.45) is 17.8 Å². The molecule has 0 amide bonds. The van der Waals surface area contributed by atoms with Crippen molar-refractivity contribution in [2.45, 2.75) is 44.0 Å². The monoisotopic (exact) mass is 393 g/mol. The molecule has 0 radical (unpaired) electrons. The third-order valence-corrected chi connectivity index (χ3v) is 7.38. The Hall–Kier alpha value is -1.64. The summed E-state index contributed by atoms with van der Waals surface area (Å²) in [5.41, 5.74) is 0.756. The molecule has 1 aromatic heterocycles. The first-order valence-electron chi connectivity index (χ1n) is 9.69. The molecule has 2 heterocycles. The van der Waals surface area contributed by atoms with Crippen LogP contribution < -0.4 is 10.5 Å². The number of rotatable bonds is 6. The van der Waals surface area contributed by atoms with E-state index in [1.165, 1.54) is 18.6 Å². The number of H-pyrrole nitrogens is 1.